The zero-order valence-electron chi connectivity index (χ0n) is 16.6. The zero-order chi connectivity index (χ0) is 19.9. The first-order valence-corrected chi connectivity index (χ1v) is 10.8. The van der Waals surface area contributed by atoms with E-state index in [1.165, 1.54) is 19.3 Å². The molecule has 4 aliphatic carbocycles. The molecule has 0 saturated heterocycles. The van der Waals surface area contributed by atoms with Gasteiger partial charge in [0.25, 0.3) is 0 Å². The fourth-order valence-electron chi connectivity index (χ4n) is 6.29. The Balaban J connectivity index is 1.39. The molecule has 4 aliphatic rings. The second-order valence-electron chi connectivity index (χ2n) is 9.16. The highest BCUT2D eigenvalue weighted by Crippen LogP contribution is 2.59. The van der Waals surface area contributed by atoms with E-state index in [1.807, 2.05) is 6.08 Å². The predicted molar refractivity (Wildman–Crippen MR) is 104 cm³/mol. The van der Waals surface area contributed by atoms with Gasteiger partial charge in [-0.05, 0) is 68.3 Å². The van der Waals surface area contributed by atoms with E-state index in [4.69, 9.17) is 9.84 Å². The molecule has 0 heterocycles. The molecule has 5 nitrogen and oxygen atoms in total. The van der Waals surface area contributed by atoms with Gasteiger partial charge < -0.3 is 20.1 Å². The smallest absolute Gasteiger partial charge is 0.303 e. The van der Waals surface area contributed by atoms with Gasteiger partial charge in [0, 0.05) is 19.4 Å². The molecule has 0 amide bonds. The normalized spacial score (nSPS) is 43.3. The molecule has 4 rings (SSSR count). The molecule has 3 unspecified atom stereocenters. The number of ether oxygens (including phenoxy) is 1. The highest BCUT2D eigenvalue weighted by Gasteiger charge is 2.58. The molecule has 3 N–H and O–H groups in total. The van der Waals surface area contributed by atoms with Crippen molar-refractivity contribution in [2.24, 2.45) is 29.6 Å². The molecule has 0 aromatic rings. The number of fused-ring (bicyclic) bond motifs is 2. The van der Waals surface area contributed by atoms with Crippen molar-refractivity contribution in [2.75, 3.05) is 7.11 Å². The first kappa shape index (κ1) is 19.9. The molecule has 154 valence electrons. The minimum atomic E-state index is -0.796. The summed E-state index contributed by atoms with van der Waals surface area (Å²) in [5, 5.41) is 29.8. The molecule has 0 bridgehead atoms. The predicted octanol–water partition coefficient (Wildman–Crippen LogP) is 2.75. The molecule has 0 aromatic carbocycles. The van der Waals surface area contributed by atoms with Crippen LogP contribution in [0.5, 0.6) is 0 Å². The second-order valence-corrected chi connectivity index (χ2v) is 9.16. The summed E-state index contributed by atoms with van der Waals surface area (Å²) in [7, 11) is 1.69. The van der Waals surface area contributed by atoms with Crippen LogP contribution in [0.1, 0.15) is 57.8 Å². The maximum Gasteiger partial charge on any atom is 0.303 e. The third kappa shape index (κ3) is 3.51. The Hall–Kier alpha value is -1.35. The monoisotopic (exact) mass is 388 g/mol. The first-order chi connectivity index (χ1) is 13.5. The lowest BCUT2D eigenvalue weighted by atomic mass is 9.53. The highest BCUT2D eigenvalue weighted by molar-refractivity contribution is 5.66. The van der Waals surface area contributed by atoms with Crippen LogP contribution in [0.3, 0.4) is 0 Å². The van der Waals surface area contributed by atoms with Crippen molar-refractivity contribution >= 4 is 5.97 Å². The minimum Gasteiger partial charge on any atom is -0.481 e. The van der Waals surface area contributed by atoms with Gasteiger partial charge >= 0.3 is 5.97 Å². The molecule has 0 radical (unpaired) electrons. The van der Waals surface area contributed by atoms with E-state index in [0.29, 0.717) is 18.8 Å². The number of aliphatic carboxylic acids is 1. The van der Waals surface area contributed by atoms with Gasteiger partial charge in [-0.1, -0.05) is 24.3 Å². The Labute approximate surface area is 167 Å². The van der Waals surface area contributed by atoms with Crippen LogP contribution >= 0.6 is 0 Å². The summed E-state index contributed by atoms with van der Waals surface area (Å²) in [6.45, 7) is 0. The lowest BCUT2D eigenvalue weighted by molar-refractivity contribution is -0.139. The van der Waals surface area contributed by atoms with Gasteiger partial charge in [0.1, 0.15) is 6.10 Å². The zero-order valence-corrected chi connectivity index (χ0v) is 16.6. The maximum absolute atomic E-state index is 10.8. The minimum absolute atomic E-state index is 0.109. The number of rotatable bonds is 6. The second kappa shape index (κ2) is 7.82. The number of carbonyl (C=O) groups is 1. The molecule has 7 atom stereocenters. The van der Waals surface area contributed by atoms with E-state index in [1.54, 1.807) is 7.11 Å². The third-order valence-electron chi connectivity index (χ3n) is 7.85. The van der Waals surface area contributed by atoms with Crippen LogP contribution in [0.2, 0.25) is 0 Å². The molecule has 4 saturated carbocycles. The summed E-state index contributed by atoms with van der Waals surface area (Å²) in [4.78, 5) is 10.8. The van der Waals surface area contributed by atoms with Crippen molar-refractivity contribution in [3.63, 3.8) is 0 Å². The Morgan fingerprint density at radius 3 is 2.79 bits per heavy atom. The summed E-state index contributed by atoms with van der Waals surface area (Å²) in [5.74, 6) is 7.65. The lowest BCUT2D eigenvalue weighted by Gasteiger charge is -2.57. The number of aliphatic hydroxyl groups is 2. The number of carboxylic acids is 1. The molecular formula is C23H32O5. The molecule has 0 spiro atoms. The van der Waals surface area contributed by atoms with Gasteiger partial charge in [-0.2, -0.15) is 0 Å². The molecule has 28 heavy (non-hydrogen) atoms. The number of methoxy groups -OCH3 is 1. The Morgan fingerprint density at radius 1 is 1.36 bits per heavy atom. The van der Waals surface area contributed by atoms with Crippen LogP contribution < -0.4 is 0 Å². The van der Waals surface area contributed by atoms with Gasteiger partial charge in [-0.25, -0.2) is 0 Å². The number of carboxylic acid groups (broad SMARTS) is 1. The van der Waals surface area contributed by atoms with Gasteiger partial charge in [-0.3, -0.25) is 4.79 Å². The standard InChI is InChI=1S/C23H32O5/c1-28-23-11-10-21(25)18(20(23)12-14(23)4-2-7-22(26)27)9-8-15(24)13-19-16-5-3-6-17(16)19/h4,15-21,24-25H,2-3,5-7,10-13H2,1H3,(H,26,27)/t15?,16?,17?,18-,19?,20-,21-,23+/m0/s1. The van der Waals surface area contributed by atoms with Crippen LogP contribution in [0.15, 0.2) is 11.6 Å². The largest absolute Gasteiger partial charge is 0.481 e. The number of allylic oxidation sites excluding steroid dienone is 1. The van der Waals surface area contributed by atoms with Crippen LogP contribution in [-0.2, 0) is 9.53 Å². The quantitative estimate of drug-likeness (QED) is 0.481. The van der Waals surface area contributed by atoms with Crippen LogP contribution in [-0.4, -0.2) is 46.2 Å². The topological polar surface area (TPSA) is 87.0 Å². The third-order valence-corrected chi connectivity index (χ3v) is 7.85. The van der Waals surface area contributed by atoms with Crippen molar-refractivity contribution in [1.29, 1.82) is 0 Å². The average molecular weight is 389 g/mol. The summed E-state index contributed by atoms with van der Waals surface area (Å²) >= 11 is 0. The Kier molecular flexibility index (Phi) is 5.57. The Bertz CT molecular complexity index is 694. The molecule has 4 fully saturated rings. The van der Waals surface area contributed by atoms with Crippen molar-refractivity contribution in [3.05, 3.63) is 11.6 Å². The van der Waals surface area contributed by atoms with Crippen molar-refractivity contribution in [2.45, 2.75) is 75.6 Å². The van der Waals surface area contributed by atoms with Crippen molar-refractivity contribution < 1.29 is 24.9 Å². The summed E-state index contributed by atoms with van der Waals surface area (Å²) in [5.41, 5.74) is 0.724. The fourth-order valence-corrected chi connectivity index (χ4v) is 6.29. The van der Waals surface area contributed by atoms with Gasteiger partial charge in [0.15, 0.2) is 0 Å². The van der Waals surface area contributed by atoms with Crippen LogP contribution in [0.25, 0.3) is 0 Å². The first-order valence-electron chi connectivity index (χ1n) is 10.8. The molecular weight excluding hydrogens is 356 g/mol. The summed E-state index contributed by atoms with van der Waals surface area (Å²) in [6, 6.07) is 0. The van der Waals surface area contributed by atoms with E-state index in [-0.39, 0.29) is 18.3 Å². The average Bonchev–Trinajstić information content (AvgIpc) is 3.06. The van der Waals surface area contributed by atoms with Crippen LogP contribution in [0, 0.1) is 41.4 Å². The molecule has 0 aliphatic heterocycles. The summed E-state index contributed by atoms with van der Waals surface area (Å²) < 4.78 is 5.90. The summed E-state index contributed by atoms with van der Waals surface area (Å²) in [6.07, 6.45) is 8.39. The van der Waals surface area contributed by atoms with E-state index < -0.39 is 23.8 Å². The number of hydrogen-bond acceptors (Lipinski definition) is 4. The maximum atomic E-state index is 10.8. The van der Waals surface area contributed by atoms with E-state index >= 15 is 0 Å². The molecule has 5 heteroatoms. The van der Waals surface area contributed by atoms with Crippen LogP contribution in [0.4, 0.5) is 0 Å². The van der Waals surface area contributed by atoms with Crippen molar-refractivity contribution in [3.8, 4) is 11.8 Å². The van der Waals surface area contributed by atoms with E-state index in [2.05, 4.69) is 11.8 Å². The highest BCUT2D eigenvalue weighted by atomic mass is 16.5. The lowest BCUT2D eigenvalue weighted by Crippen LogP contribution is -2.59. The van der Waals surface area contributed by atoms with E-state index in [0.717, 1.165) is 36.7 Å². The SMILES string of the molecule is CO[C@@]12CC[C@H](O)[C@@H](C#CC(O)CC3C4CCCC43)[C@@H]1CC2=CCCC(=O)O. The molecule has 0 aromatic heterocycles. The number of hydrogen-bond donors (Lipinski definition) is 3. The van der Waals surface area contributed by atoms with Crippen molar-refractivity contribution in [1.82, 2.24) is 0 Å². The van der Waals surface area contributed by atoms with Gasteiger partial charge in [0.2, 0.25) is 0 Å². The van der Waals surface area contributed by atoms with Gasteiger partial charge in [0.05, 0.1) is 17.6 Å². The number of aliphatic hydroxyl groups excluding tert-OH is 2. The van der Waals surface area contributed by atoms with Gasteiger partial charge in [-0.15, -0.1) is 0 Å². The van der Waals surface area contributed by atoms with E-state index in [9.17, 15) is 15.0 Å². The fraction of sp³-hybridized carbons (Fsp3) is 0.783. The Morgan fingerprint density at radius 2 is 2.11 bits per heavy atom.